The molecule has 0 fully saturated rings. The molecule has 132 valence electrons. The normalized spacial score (nSPS) is 11.4. The Kier molecular flexibility index (Phi) is 7.22. The molecule has 1 aromatic carbocycles. The third kappa shape index (κ3) is 6.08. The van der Waals surface area contributed by atoms with Crippen molar-refractivity contribution in [1.82, 2.24) is 10.3 Å². The van der Waals surface area contributed by atoms with E-state index in [-0.39, 0.29) is 17.7 Å². The Bertz CT molecular complexity index is 710. The fourth-order valence-corrected chi connectivity index (χ4v) is 2.43. The summed E-state index contributed by atoms with van der Waals surface area (Å²) in [7, 11) is 0. The van der Waals surface area contributed by atoms with Crippen LogP contribution in [-0.2, 0) is 16.0 Å². The van der Waals surface area contributed by atoms with E-state index >= 15 is 0 Å². The minimum Gasteiger partial charge on any atom is -0.466 e. The van der Waals surface area contributed by atoms with Crippen molar-refractivity contribution in [2.75, 3.05) is 18.5 Å². The van der Waals surface area contributed by atoms with Crippen LogP contribution in [0, 0.1) is 5.92 Å². The summed E-state index contributed by atoms with van der Waals surface area (Å²) in [6.07, 6.45) is 2.01. The van der Waals surface area contributed by atoms with E-state index < -0.39 is 11.9 Å². The molecule has 0 aliphatic carbocycles. The lowest BCUT2D eigenvalue weighted by molar-refractivity contribution is -0.147. The second kappa shape index (κ2) is 9.64. The molecule has 0 aliphatic rings. The monoisotopic (exact) mass is 361 g/mol. The van der Waals surface area contributed by atoms with Crippen molar-refractivity contribution in [2.45, 2.75) is 13.3 Å². The lowest BCUT2D eigenvalue weighted by Crippen LogP contribution is -2.37. The average molecular weight is 362 g/mol. The van der Waals surface area contributed by atoms with E-state index in [9.17, 15) is 9.59 Å². The van der Waals surface area contributed by atoms with E-state index in [1.165, 1.54) is 6.20 Å². The predicted octanol–water partition coefficient (Wildman–Crippen LogP) is 3.28. The van der Waals surface area contributed by atoms with Gasteiger partial charge in [-0.25, -0.2) is 9.78 Å². The summed E-state index contributed by atoms with van der Waals surface area (Å²) in [5.74, 6) is -0.816. The molecule has 0 saturated heterocycles. The maximum absolute atomic E-state index is 12.1. The van der Waals surface area contributed by atoms with Crippen molar-refractivity contribution in [3.8, 4) is 0 Å². The van der Waals surface area contributed by atoms with Crippen molar-refractivity contribution in [1.29, 1.82) is 0 Å². The Labute approximate surface area is 151 Å². The molecule has 1 atom stereocenters. The zero-order chi connectivity index (χ0) is 18.1. The van der Waals surface area contributed by atoms with Crippen LogP contribution in [0.2, 0.25) is 5.15 Å². The van der Waals surface area contributed by atoms with E-state index in [2.05, 4.69) is 15.6 Å². The lowest BCUT2D eigenvalue weighted by atomic mass is 9.99. The Balaban J connectivity index is 1.95. The fourth-order valence-electron chi connectivity index (χ4n) is 2.26. The van der Waals surface area contributed by atoms with Crippen LogP contribution >= 0.6 is 11.6 Å². The molecular formula is C18H20ClN3O3. The van der Waals surface area contributed by atoms with Gasteiger partial charge in [-0.1, -0.05) is 41.9 Å². The van der Waals surface area contributed by atoms with Crippen molar-refractivity contribution >= 4 is 29.3 Å². The summed E-state index contributed by atoms with van der Waals surface area (Å²) in [4.78, 5) is 28.1. The number of benzene rings is 1. The second-order valence-corrected chi connectivity index (χ2v) is 5.67. The van der Waals surface area contributed by atoms with Gasteiger partial charge in [0.2, 0.25) is 0 Å². The Morgan fingerprint density at radius 3 is 2.64 bits per heavy atom. The number of hydrogen-bond donors (Lipinski definition) is 2. The number of aromatic nitrogens is 1. The third-order valence-electron chi connectivity index (χ3n) is 3.46. The van der Waals surface area contributed by atoms with Crippen LogP contribution in [-0.4, -0.2) is 30.1 Å². The summed E-state index contributed by atoms with van der Waals surface area (Å²) < 4.78 is 5.10. The number of esters is 1. The molecule has 7 heteroatoms. The highest BCUT2D eigenvalue weighted by atomic mass is 35.5. The number of amides is 2. The maximum Gasteiger partial charge on any atom is 0.319 e. The molecule has 1 heterocycles. The summed E-state index contributed by atoms with van der Waals surface area (Å²) in [5, 5.41) is 5.48. The van der Waals surface area contributed by atoms with Crippen LogP contribution in [0.1, 0.15) is 12.5 Å². The number of nitrogens with zero attached hydrogens (tertiary/aromatic N) is 1. The van der Waals surface area contributed by atoms with Crippen molar-refractivity contribution in [2.24, 2.45) is 5.92 Å². The molecule has 6 nitrogen and oxygen atoms in total. The zero-order valence-electron chi connectivity index (χ0n) is 13.9. The molecule has 25 heavy (non-hydrogen) atoms. The van der Waals surface area contributed by atoms with Crippen LogP contribution < -0.4 is 10.6 Å². The standard InChI is InChI=1S/C18H20ClN3O3/c1-2-25-17(23)14(11-13-7-4-3-5-8-13)12-21-18(24)22-15-9-6-10-20-16(15)19/h3-10,14H,2,11-12H2,1H3,(H2,21,22,24). The van der Waals surface area contributed by atoms with Crippen molar-refractivity contribution in [3.05, 3.63) is 59.4 Å². The van der Waals surface area contributed by atoms with Crippen molar-refractivity contribution < 1.29 is 14.3 Å². The molecule has 0 bridgehead atoms. The van der Waals surface area contributed by atoms with Crippen LogP contribution in [0.5, 0.6) is 0 Å². The van der Waals surface area contributed by atoms with Gasteiger partial charge in [0.25, 0.3) is 0 Å². The van der Waals surface area contributed by atoms with Crippen LogP contribution in [0.3, 0.4) is 0 Å². The highest BCUT2D eigenvalue weighted by molar-refractivity contribution is 6.32. The van der Waals surface area contributed by atoms with E-state index in [4.69, 9.17) is 16.3 Å². The van der Waals surface area contributed by atoms with Gasteiger partial charge in [-0.05, 0) is 31.0 Å². The molecule has 2 aromatic rings. The quantitative estimate of drug-likeness (QED) is 0.586. The topological polar surface area (TPSA) is 80.3 Å². The molecule has 0 spiro atoms. The SMILES string of the molecule is CCOC(=O)C(CNC(=O)Nc1cccnc1Cl)Cc1ccccc1. The minimum absolute atomic E-state index is 0.150. The highest BCUT2D eigenvalue weighted by Crippen LogP contribution is 2.17. The highest BCUT2D eigenvalue weighted by Gasteiger charge is 2.21. The number of rotatable bonds is 7. The van der Waals surface area contributed by atoms with Gasteiger partial charge in [0.15, 0.2) is 5.15 Å². The van der Waals surface area contributed by atoms with Gasteiger partial charge in [0.05, 0.1) is 18.2 Å². The number of carbonyl (C=O) groups excluding carboxylic acids is 2. The number of nitrogens with one attached hydrogen (secondary N) is 2. The molecule has 2 amide bonds. The molecule has 0 radical (unpaired) electrons. The number of urea groups is 1. The Morgan fingerprint density at radius 2 is 1.96 bits per heavy atom. The number of anilines is 1. The first-order chi connectivity index (χ1) is 12.1. The predicted molar refractivity (Wildman–Crippen MR) is 96.5 cm³/mol. The van der Waals surface area contributed by atoms with Gasteiger partial charge in [-0.15, -0.1) is 0 Å². The number of carbonyl (C=O) groups is 2. The van der Waals surface area contributed by atoms with Crippen LogP contribution in [0.15, 0.2) is 48.7 Å². The number of pyridine rings is 1. The van der Waals surface area contributed by atoms with E-state index in [0.29, 0.717) is 18.7 Å². The van der Waals surface area contributed by atoms with E-state index in [1.807, 2.05) is 30.3 Å². The van der Waals surface area contributed by atoms with Crippen molar-refractivity contribution in [3.63, 3.8) is 0 Å². The number of ether oxygens (including phenoxy) is 1. The molecule has 2 N–H and O–H groups in total. The largest absolute Gasteiger partial charge is 0.466 e. The molecule has 0 aliphatic heterocycles. The first-order valence-electron chi connectivity index (χ1n) is 7.96. The molecule has 0 saturated carbocycles. The summed E-state index contributed by atoms with van der Waals surface area (Å²) in [6, 6.07) is 12.4. The number of hydrogen-bond acceptors (Lipinski definition) is 4. The minimum atomic E-state index is -0.475. The van der Waals surface area contributed by atoms with E-state index in [0.717, 1.165) is 5.56 Å². The van der Waals surface area contributed by atoms with Gasteiger partial charge in [-0.3, -0.25) is 4.79 Å². The van der Waals surface area contributed by atoms with Gasteiger partial charge >= 0.3 is 12.0 Å². The molecule has 1 aromatic heterocycles. The summed E-state index contributed by atoms with van der Waals surface area (Å²) in [6.45, 7) is 2.20. The molecule has 2 rings (SSSR count). The second-order valence-electron chi connectivity index (χ2n) is 5.32. The van der Waals surface area contributed by atoms with Gasteiger partial charge in [0.1, 0.15) is 0 Å². The first-order valence-corrected chi connectivity index (χ1v) is 8.34. The smallest absolute Gasteiger partial charge is 0.319 e. The number of halogens is 1. The summed E-state index contributed by atoms with van der Waals surface area (Å²) >= 11 is 5.90. The van der Waals surface area contributed by atoms with Crippen LogP contribution in [0.4, 0.5) is 10.5 Å². The van der Waals surface area contributed by atoms with E-state index in [1.54, 1.807) is 19.1 Å². The van der Waals surface area contributed by atoms with Gasteiger partial charge in [-0.2, -0.15) is 0 Å². The Morgan fingerprint density at radius 1 is 1.20 bits per heavy atom. The first kappa shape index (κ1) is 18.7. The zero-order valence-corrected chi connectivity index (χ0v) is 14.6. The fraction of sp³-hybridized carbons (Fsp3) is 0.278. The molecule has 1 unspecified atom stereocenters. The van der Waals surface area contributed by atoms with Gasteiger partial charge in [0, 0.05) is 12.7 Å². The van der Waals surface area contributed by atoms with Crippen LogP contribution in [0.25, 0.3) is 0 Å². The third-order valence-corrected chi connectivity index (χ3v) is 3.76. The van der Waals surface area contributed by atoms with Gasteiger partial charge < -0.3 is 15.4 Å². The Hall–Kier alpha value is -2.60. The maximum atomic E-state index is 12.1. The lowest BCUT2D eigenvalue weighted by Gasteiger charge is -2.17. The molecular weight excluding hydrogens is 342 g/mol. The average Bonchev–Trinajstić information content (AvgIpc) is 2.61. The summed E-state index contributed by atoms with van der Waals surface area (Å²) in [5.41, 5.74) is 1.40.